The molecule has 0 bridgehead atoms. The lowest BCUT2D eigenvalue weighted by Gasteiger charge is -2.24. The highest BCUT2D eigenvalue weighted by Crippen LogP contribution is 2.23. The first-order valence-electron chi connectivity index (χ1n) is 6.90. The van der Waals surface area contributed by atoms with Gasteiger partial charge in [0.25, 0.3) is 0 Å². The highest BCUT2D eigenvalue weighted by Gasteiger charge is 2.30. The number of hydrogen-bond acceptors (Lipinski definition) is 3. The summed E-state index contributed by atoms with van der Waals surface area (Å²) in [5, 5.41) is 3.64. The van der Waals surface area contributed by atoms with Crippen LogP contribution in [0.25, 0.3) is 0 Å². The number of alkyl halides is 3. The molecule has 3 nitrogen and oxygen atoms in total. The minimum atomic E-state index is -4.26. The zero-order valence-corrected chi connectivity index (χ0v) is 13.2. The molecule has 0 atom stereocenters. The van der Waals surface area contributed by atoms with Gasteiger partial charge in [-0.3, -0.25) is 0 Å². The van der Waals surface area contributed by atoms with Crippen molar-refractivity contribution in [3.63, 3.8) is 0 Å². The molecule has 0 unspecified atom stereocenters. The molecule has 120 valence electrons. The third-order valence-electron chi connectivity index (χ3n) is 2.82. The molecule has 1 rings (SSSR count). The van der Waals surface area contributed by atoms with Gasteiger partial charge in [-0.25, -0.2) is 4.98 Å². The van der Waals surface area contributed by atoms with Gasteiger partial charge in [0, 0.05) is 13.1 Å². The van der Waals surface area contributed by atoms with E-state index in [2.05, 4.69) is 24.1 Å². The summed E-state index contributed by atoms with van der Waals surface area (Å²) in [6.45, 7) is 6.25. The fourth-order valence-electron chi connectivity index (χ4n) is 1.82. The van der Waals surface area contributed by atoms with Crippen molar-refractivity contribution >= 4 is 17.4 Å². The standard InChI is InChI=1S/C14H21ClF3N3/c1-4-21(9-14(16,17)18)13-6-5-11(15)12(20-13)8-19-7-10(2)3/h5-6,10,19H,4,7-9H2,1-3H3. The number of nitrogens with one attached hydrogen (secondary N) is 1. The summed E-state index contributed by atoms with van der Waals surface area (Å²) in [5.41, 5.74) is 0.565. The van der Waals surface area contributed by atoms with Crippen LogP contribution in [0.3, 0.4) is 0 Å². The van der Waals surface area contributed by atoms with Gasteiger partial charge in [0.2, 0.25) is 0 Å². The Kier molecular flexibility index (Phi) is 6.74. The molecule has 1 N–H and O–H groups in total. The molecule has 0 radical (unpaired) electrons. The number of nitrogens with zero attached hydrogens (tertiary/aromatic N) is 2. The van der Waals surface area contributed by atoms with Crippen molar-refractivity contribution in [2.24, 2.45) is 5.92 Å². The van der Waals surface area contributed by atoms with Crippen LogP contribution in [0.1, 0.15) is 26.5 Å². The summed E-state index contributed by atoms with van der Waals surface area (Å²) in [5.74, 6) is 0.768. The monoisotopic (exact) mass is 323 g/mol. The zero-order chi connectivity index (χ0) is 16.0. The van der Waals surface area contributed by atoms with Crippen molar-refractivity contribution in [3.05, 3.63) is 22.8 Å². The smallest absolute Gasteiger partial charge is 0.348 e. The fraction of sp³-hybridized carbons (Fsp3) is 0.643. The van der Waals surface area contributed by atoms with Crippen LogP contribution in [0.15, 0.2) is 12.1 Å². The van der Waals surface area contributed by atoms with Crippen molar-refractivity contribution in [1.82, 2.24) is 10.3 Å². The Bertz CT molecular complexity index is 450. The lowest BCUT2D eigenvalue weighted by Crippen LogP contribution is -2.34. The highest BCUT2D eigenvalue weighted by atomic mass is 35.5. The first kappa shape index (κ1) is 18.0. The number of aromatic nitrogens is 1. The summed E-state index contributed by atoms with van der Waals surface area (Å²) in [6, 6.07) is 3.11. The summed E-state index contributed by atoms with van der Waals surface area (Å²) < 4.78 is 37.6. The second kappa shape index (κ2) is 7.84. The predicted molar refractivity (Wildman–Crippen MR) is 79.7 cm³/mol. The number of anilines is 1. The molecule has 7 heteroatoms. The van der Waals surface area contributed by atoms with Crippen LogP contribution in [0, 0.1) is 5.92 Å². The van der Waals surface area contributed by atoms with Crippen LogP contribution in [-0.2, 0) is 6.54 Å². The van der Waals surface area contributed by atoms with E-state index in [4.69, 9.17) is 11.6 Å². The van der Waals surface area contributed by atoms with Crippen molar-refractivity contribution < 1.29 is 13.2 Å². The quantitative estimate of drug-likeness (QED) is 0.825. The Morgan fingerprint density at radius 3 is 2.52 bits per heavy atom. The van der Waals surface area contributed by atoms with Crippen molar-refractivity contribution in [2.45, 2.75) is 33.5 Å². The Balaban J connectivity index is 2.83. The lowest BCUT2D eigenvalue weighted by molar-refractivity contribution is -0.119. The normalized spacial score (nSPS) is 12.0. The largest absolute Gasteiger partial charge is 0.405 e. The van der Waals surface area contributed by atoms with E-state index in [1.54, 1.807) is 13.0 Å². The molecule has 0 amide bonds. The van der Waals surface area contributed by atoms with Crippen molar-refractivity contribution in [3.8, 4) is 0 Å². The summed E-state index contributed by atoms with van der Waals surface area (Å²) >= 11 is 6.05. The van der Waals surface area contributed by atoms with Gasteiger partial charge in [-0.15, -0.1) is 0 Å². The van der Waals surface area contributed by atoms with Gasteiger partial charge in [-0.1, -0.05) is 25.4 Å². The van der Waals surface area contributed by atoms with E-state index in [1.807, 2.05) is 0 Å². The molecule has 21 heavy (non-hydrogen) atoms. The van der Waals surface area contributed by atoms with E-state index < -0.39 is 12.7 Å². The van der Waals surface area contributed by atoms with Crippen LogP contribution < -0.4 is 10.2 Å². The second-order valence-corrected chi connectivity index (χ2v) is 5.66. The SMILES string of the molecule is CCN(CC(F)(F)F)c1ccc(Cl)c(CNCC(C)C)n1. The molecule has 0 saturated carbocycles. The van der Waals surface area contributed by atoms with Gasteiger partial charge < -0.3 is 10.2 Å². The maximum atomic E-state index is 12.5. The van der Waals surface area contributed by atoms with E-state index in [0.29, 0.717) is 29.0 Å². The molecule has 0 aliphatic rings. The third kappa shape index (κ3) is 6.52. The fourth-order valence-corrected chi connectivity index (χ4v) is 2.00. The third-order valence-corrected chi connectivity index (χ3v) is 3.17. The summed E-state index contributed by atoms with van der Waals surface area (Å²) in [7, 11) is 0. The zero-order valence-electron chi connectivity index (χ0n) is 12.5. The average molecular weight is 324 g/mol. The number of hydrogen-bond donors (Lipinski definition) is 1. The van der Waals surface area contributed by atoms with Crippen molar-refractivity contribution in [2.75, 3.05) is 24.5 Å². The van der Waals surface area contributed by atoms with Gasteiger partial charge in [0.1, 0.15) is 12.4 Å². The average Bonchev–Trinajstić information content (AvgIpc) is 2.37. The lowest BCUT2D eigenvalue weighted by atomic mass is 10.2. The van der Waals surface area contributed by atoms with E-state index in [-0.39, 0.29) is 6.54 Å². The number of pyridine rings is 1. The molecular formula is C14H21ClF3N3. The Morgan fingerprint density at radius 2 is 2.00 bits per heavy atom. The Labute approximate surface area is 128 Å². The molecule has 0 aromatic carbocycles. The molecule has 0 aliphatic heterocycles. The maximum absolute atomic E-state index is 12.5. The Hall–Kier alpha value is -1.01. The molecule has 1 heterocycles. The van der Waals surface area contributed by atoms with Crippen LogP contribution in [0.2, 0.25) is 5.02 Å². The van der Waals surface area contributed by atoms with Crippen LogP contribution in [-0.4, -0.2) is 30.8 Å². The van der Waals surface area contributed by atoms with E-state index in [9.17, 15) is 13.2 Å². The number of halogens is 4. The van der Waals surface area contributed by atoms with Gasteiger partial charge in [-0.2, -0.15) is 13.2 Å². The van der Waals surface area contributed by atoms with E-state index in [0.717, 1.165) is 6.54 Å². The number of rotatable bonds is 7. The topological polar surface area (TPSA) is 28.2 Å². The molecule has 1 aromatic heterocycles. The highest BCUT2D eigenvalue weighted by molar-refractivity contribution is 6.31. The molecule has 0 saturated heterocycles. The molecule has 0 spiro atoms. The predicted octanol–water partition coefficient (Wildman–Crippen LogP) is 3.87. The first-order chi connectivity index (χ1) is 9.73. The maximum Gasteiger partial charge on any atom is 0.405 e. The molecular weight excluding hydrogens is 303 g/mol. The van der Waals surface area contributed by atoms with Gasteiger partial charge in [-0.05, 0) is 31.5 Å². The second-order valence-electron chi connectivity index (χ2n) is 5.25. The van der Waals surface area contributed by atoms with E-state index in [1.165, 1.54) is 11.0 Å². The van der Waals surface area contributed by atoms with Gasteiger partial charge in [0.05, 0.1) is 10.7 Å². The first-order valence-corrected chi connectivity index (χ1v) is 7.28. The van der Waals surface area contributed by atoms with E-state index >= 15 is 0 Å². The summed E-state index contributed by atoms with van der Waals surface area (Å²) in [4.78, 5) is 5.44. The summed E-state index contributed by atoms with van der Waals surface area (Å²) in [6.07, 6.45) is -4.26. The molecule has 0 aliphatic carbocycles. The Morgan fingerprint density at radius 1 is 1.33 bits per heavy atom. The minimum absolute atomic E-state index is 0.229. The van der Waals surface area contributed by atoms with Crippen LogP contribution in [0.5, 0.6) is 0 Å². The molecule has 0 fully saturated rings. The minimum Gasteiger partial charge on any atom is -0.348 e. The van der Waals surface area contributed by atoms with Crippen LogP contribution in [0.4, 0.5) is 19.0 Å². The van der Waals surface area contributed by atoms with Crippen LogP contribution >= 0.6 is 11.6 Å². The van der Waals surface area contributed by atoms with Gasteiger partial charge >= 0.3 is 6.18 Å². The van der Waals surface area contributed by atoms with Gasteiger partial charge in [0.15, 0.2) is 0 Å². The molecule has 1 aromatic rings. The van der Waals surface area contributed by atoms with Crippen molar-refractivity contribution in [1.29, 1.82) is 0 Å².